The number of nitrogens with zero attached hydrogens (tertiary/aromatic N) is 13. The van der Waals surface area contributed by atoms with Crippen LogP contribution in [-0.4, -0.2) is 110 Å². The van der Waals surface area contributed by atoms with Crippen LogP contribution in [0.1, 0.15) is 330 Å². The number of aliphatic hydroxyl groups is 4. The summed E-state index contributed by atoms with van der Waals surface area (Å²) >= 11 is 0. The van der Waals surface area contributed by atoms with Crippen molar-refractivity contribution in [3.05, 3.63) is 76.7 Å². The van der Waals surface area contributed by atoms with Gasteiger partial charge < -0.3 is 30.1 Å². The fraction of sp³-hybridized carbons (Fsp3) is 0.827. The van der Waals surface area contributed by atoms with Gasteiger partial charge in [0.05, 0.1) is 41.3 Å². The van der Waals surface area contributed by atoms with Crippen LogP contribution in [0, 0.1) is 235 Å². The molecule has 0 unspecified atom stereocenters. The van der Waals surface area contributed by atoms with E-state index in [4.69, 9.17) is 13.1 Å². The summed E-state index contributed by atoms with van der Waals surface area (Å²) in [5.41, 5.74) is -2.35. The van der Waals surface area contributed by atoms with Crippen LogP contribution in [0.15, 0.2) is 36.8 Å². The SMILES string of the molecule is CC[C@@H]1C[C@H](C(=O)Cn2nccn2)[C@@]2(C)CC[C@H]3[C@@H](CC[C@@H]4C[C@](C)(O)CC[C@@H]43)[C@H]12.C[C@@]1(O)CC[C@H]2[C@H](CC[C@@H]3[C@@H]2CC[C@@]2(C)[C@H]3[C@H](C3CC3)C[C@@H]2C(=O)Cn2ccc(C(F)(F)F)n2)C1.[C-]#[N+]c1cc(C#N)nn1CC(=O)[C@H]1C[C@@H](C2CC2)[C@H]2[C@@H]3CC[C@@H]4C[C@](C)(O)CC[C@@H]4[C@H]3CC[C@@]21C.[C-]#[N+]c1cc(C#N)nn1CC(=O)[C@H]1C[C@@H](CC)[C@H]2[C@@H]3CC[C@@H]4C[C@](C)(O)CC[C@@H]4[C@H]3CC[C@@]21C. The number of hydrogen-bond acceptors (Lipinski definition) is 15. The van der Waals surface area contributed by atoms with Gasteiger partial charge in [-0.3, -0.25) is 23.9 Å². The van der Waals surface area contributed by atoms with Crippen LogP contribution in [0.4, 0.5) is 24.8 Å². The summed E-state index contributed by atoms with van der Waals surface area (Å²) in [6, 6.07) is 7.91. The molecule has 0 aromatic carbocycles. The number of hydrogen-bond donors (Lipinski definition) is 4. The van der Waals surface area contributed by atoms with E-state index in [1.165, 1.54) is 154 Å². The zero-order chi connectivity index (χ0) is 94.6. The van der Waals surface area contributed by atoms with E-state index < -0.39 is 34.3 Å². The number of ketones is 4. The maximum absolute atomic E-state index is 13.8. The summed E-state index contributed by atoms with van der Waals surface area (Å²) in [6.07, 6.45) is 43.0. The third-order valence-corrected chi connectivity index (χ3v) is 43.0. The molecule has 4 aromatic heterocycles. The maximum Gasteiger partial charge on any atom is 0.435 e. The topological polar surface area (TPSA) is 290 Å². The van der Waals surface area contributed by atoms with Crippen molar-refractivity contribution in [3.8, 4) is 12.1 Å². The van der Waals surface area contributed by atoms with Gasteiger partial charge in [-0.1, -0.05) is 77.7 Å². The van der Waals surface area contributed by atoms with Crippen molar-refractivity contribution >= 4 is 34.8 Å². The molecule has 728 valence electrons. The summed E-state index contributed by atoms with van der Waals surface area (Å²) in [6.45, 7) is 37.6. The molecule has 0 spiro atoms. The lowest BCUT2D eigenvalue weighted by molar-refractivity contribution is -0.142. The second kappa shape index (κ2) is 36.3. The van der Waals surface area contributed by atoms with Crippen LogP contribution in [0.5, 0.6) is 0 Å². The van der Waals surface area contributed by atoms with Crippen LogP contribution in [0.3, 0.4) is 0 Å². The minimum atomic E-state index is -4.49. The molecule has 0 aliphatic heterocycles. The van der Waals surface area contributed by atoms with Gasteiger partial charge >= 0.3 is 6.18 Å². The summed E-state index contributed by atoms with van der Waals surface area (Å²) in [4.78, 5) is 63.0. The second-order valence-corrected chi connectivity index (χ2v) is 50.4. The van der Waals surface area contributed by atoms with Crippen molar-refractivity contribution < 1.29 is 52.8 Å². The molecule has 0 radical (unpaired) electrons. The zero-order valence-corrected chi connectivity index (χ0v) is 81.9. The van der Waals surface area contributed by atoms with E-state index in [9.17, 15) is 63.3 Å². The molecule has 36 atom stereocenters. The third-order valence-electron chi connectivity index (χ3n) is 43.0. The Morgan fingerprint density at radius 3 is 1.02 bits per heavy atom. The highest BCUT2D eigenvalue weighted by Gasteiger charge is 2.69. The van der Waals surface area contributed by atoms with E-state index in [0.717, 1.165) is 187 Å². The Morgan fingerprint density at radius 2 is 0.709 bits per heavy atom. The Hall–Kier alpha value is -6.96. The molecular weight excluding hydrogens is 1690 g/mol. The van der Waals surface area contributed by atoms with Crippen molar-refractivity contribution in [3.63, 3.8) is 0 Å². The van der Waals surface area contributed by atoms with Crippen LogP contribution >= 0.6 is 0 Å². The lowest BCUT2D eigenvalue weighted by atomic mass is 9.48. The predicted octanol–water partition coefficient (Wildman–Crippen LogP) is 21.7. The molecule has 4 N–H and O–H groups in total. The van der Waals surface area contributed by atoms with Crippen LogP contribution in [-0.2, 0) is 51.5 Å². The lowest BCUT2D eigenvalue weighted by Crippen LogP contribution is -2.52. The smallest absolute Gasteiger partial charge is 0.390 e. The van der Waals surface area contributed by atoms with Gasteiger partial charge in [0.1, 0.15) is 18.7 Å². The summed E-state index contributed by atoms with van der Waals surface area (Å²) < 4.78 is 43.1. The van der Waals surface area contributed by atoms with Crippen LogP contribution in [0.25, 0.3) is 9.69 Å². The van der Waals surface area contributed by atoms with E-state index in [2.05, 4.69) is 76.7 Å². The highest BCUT2D eigenvalue weighted by Crippen LogP contribution is 2.74. The van der Waals surface area contributed by atoms with E-state index in [1.807, 2.05) is 39.8 Å². The van der Waals surface area contributed by atoms with Crippen LogP contribution in [0.2, 0.25) is 0 Å². The molecule has 21 nitrogen and oxygen atoms in total. The van der Waals surface area contributed by atoms with Gasteiger partial charge in [-0.2, -0.15) is 53.2 Å². The first kappa shape index (κ1) is 95.9. The van der Waals surface area contributed by atoms with Crippen molar-refractivity contribution in [2.75, 3.05) is 0 Å². The molecule has 18 fully saturated rings. The van der Waals surface area contributed by atoms with Gasteiger partial charge in [0.2, 0.25) is 0 Å². The minimum Gasteiger partial charge on any atom is -0.390 e. The molecule has 18 saturated carbocycles. The second-order valence-electron chi connectivity index (χ2n) is 50.4. The van der Waals surface area contributed by atoms with Gasteiger partial charge in [-0.05, 0) is 440 Å². The van der Waals surface area contributed by atoms with E-state index in [1.54, 1.807) is 17.2 Å². The number of carbonyl (C=O) groups excluding carboxylic acids is 4. The molecule has 134 heavy (non-hydrogen) atoms. The first-order chi connectivity index (χ1) is 63.7. The van der Waals surface area contributed by atoms with Gasteiger partial charge in [-0.15, -0.1) is 0 Å². The predicted molar refractivity (Wildman–Crippen MR) is 500 cm³/mol. The van der Waals surface area contributed by atoms with E-state index >= 15 is 0 Å². The largest absolute Gasteiger partial charge is 0.435 e. The van der Waals surface area contributed by atoms with E-state index in [-0.39, 0.29) is 105 Å². The molecule has 0 bridgehead atoms. The Bertz CT molecular complexity index is 5160. The highest BCUT2D eigenvalue weighted by atomic mass is 19.4. The molecule has 18 aliphatic carbocycles. The molecule has 18 aliphatic rings. The van der Waals surface area contributed by atoms with Gasteiger partial charge in [0, 0.05) is 42.0 Å². The molecule has 4 aromatic rings. The van der Waals surface area contributed by atoms with Crippen molar-refractivity contribution in [2.45, 2.75) is 368 Å². The number of nitriles is 2. The molecule has 4 heterocycles. The minimum absolute atomic E-state index is 0.00142. The first-order valence-electron chi connectivity index (χ1n) is 53.4. The van der Waals surface area contributed by atoms with Gasteiger partial charge in [-0.25, -0.2) is 0 Å². The molecule has 0 saturated heterocycles. The Balaban J connectivity index is 0.000000115. The van der Waals surface area contributed by atoms with E-state index in [0.29, 0.717) is 107 Å². The fourth-order valence-corrected chi connectivity index (χ4v) is 37.4. The van der Waals surface area contributed by atoms with Gasteiger partial charge in [0.25, 0.3) is 11.6 Å². The van der Waals surface area contributed by atoms with Crippen molar-refractivity contribution in [2.24, 2.45) is 199 Å². The maximum atomic E-state index is 13.8. The zero-order valence-electron chi connectivity index (χ0n) is 81.9. The molecule has 0 amide bonds. The van der Waals surface area contributed by atoms with Crippen LogP contribution < -0.4 is 0 Å². The fourth-order valence-electron chi connectivity index (χ4n) is 37.4. The number of halogens is 3. The monoisotopic (exact) mass is 1840 g/mol. The van der Waals surface area contributed by atoms with Gasteiger partial charge in [0.15, 0.2) is 53.3 Å². The standard InChI is InChI=1S/C29H38N4O2.C28H39F3N2O2.C28H38N4O2.C25H39N3O2/c1-28(35)10-8-20-18(14-28)6-7-22-21(20)9-11-29(2)24(13-23(27(22)29)17-4-5-17)25(34)16-33-26(31-3)12-19(15-30)32-33;1-26(35)10-7-18-17(14-26)5-6-20-19(18)8-11-27(2)22(13-21(25(20)27)16-3-4-16)23(34)15-33-12-9-24(32-33)28(29,30)31;1-5-17-12-23(24(33)16-32-25(30-4)13-19(15-29)31-32)28(3)11-9-21-20-8-10-27(2,34)14-18(20)6-7-22(21)26(17)28;1-4-16-13-21(22(29)15-28-26-11-12-27-28)25(3)10-8-19-18-7-9-24(2,30)14-17(18)5-6-20(19)23(16)25/h12,17-18,20-24,27,35H,4-11,13-14,16H2,1-2H3;9,12,16-22,25,35H,3-8,10-11,13-15H2,1-2H3;13,17-18,20-23,26,34H,5-12,14,16H2,1-3H3;11-12,16-21,23,30H,4-10,13-15H2,1-3H3/t18-,20+,21-,22-,23+,24-,27-,28-,29-;17-,18+,19-,20-,21+,22-,25-,26-,27-;17-,18-,20+,21-,22-,23-,26+,27-,28-;16-,17-,18+,19-,20-,21-,23+,24-,25-/m1111/s1. The summed E-state index contributed by atoms with van der Waals surface area (Å²) in [7, 11) is 0. The molecular formula is C110H154F3N13O8. The Labute approximate surface area is 794 Å². The third kappa shape index (κ3) is 17.8. The van der Waals surface area contributed by atoms with Crippen molar-refractivity contribution in [1.82, 2.24) is 44.3 Å². The quantitative estimate of drug-likeness (QED) is 0.0758. The number of fused-ring (bicyclic) bond motifs is 20. The lowest BCUT2D eigenvalue weighted by Gasteiger charge is -2.57. The number of carbonyl (C=O) groups is 4. The number of Topliss-reactive ketones (excluding diaryl/α,β-unsaturated/α-hetero) is 4. The Kier molecular flexibility index (Phi) is 26.0. The average Bonchev–Trinajstić information content (AvgIpc) is 1.56. The Morgan fingerprint density at radius 1 is 0.403 bits per heavy atom. The summed E-state index contributed by atoms with van der Waals surface area (Å²) in [5, 5.41) is 81.5. The number of rotatable bonds is 16. The normalized spacial score (nSPS) is 45.2. The number of aromatic nitrogens is 9. The van der Waals surface area contributed by atoms with Crippen molar-refractivity contribution in [1.29, 1.82) is 10.5 Å². The summed E-state index contributed by atoms with van der Waals surface area (Å²) in [5.74, 6) is 19.4. The first-order valence-corrected chi connectivity index (χ1v) is 53.4. The molecule has 24 heteroatoms. The molecule has 22 rings (SSSR count). The average molecular weight is 1840 g/mol. The number of alkyl halides is 3. The highest BCUT2D eigenvalue weighted by molar-refractivity contribution is 5.84.